The highest BCUT2D eigenvalue weighted by molar-refractivity contribution is 7.94. The predicted molar refractivity (Wildman–Crippen MR) is 126 cm³/mol. The van der Waals surface area contributed by atoms with Crippen molar-refractivity contribution in [3.63, 3.8) is 0 Å². The minimum atomic E-state index is -3.62. The molecular weight excluding hydrogens is 428 g/mol. The Labute approximate surface area is 185 Å². The number of hydrogen-bond acceptors (Lipinski definition) is 4. The van der Waals surface area contributed by atoms with Crippen molar-refractivity contribution in [1.29, 1.82) is 0 Å². The summed E-state index contributed by atoms with van der Waals surface area (Å²) < 4.78 is 26.9. The number of rotatable bonds is 6. The molecular formula is C24H20N2O3S2. The third-order valence-corrected chi connectivity index (χ3v) is 8.02. The van der Waals surface area contributed by atoms with Crippen molar-refractivity contribution in [3.8, 4) is 11.1 Å². The van der Waals surface area contributed by atoms with E-state index in [9.17, 15) is 13.2 Å². The van der Waals surface area contributed by atoms with Crippen molar-refractivity contribution in [2.24, 2.45) is 0 Å². The van der Waals surface area contributed by atoms with Crippen LogP contribution in [0, 0.1) is 0 Å². The van der Waals surface area contributed by atoms with Crippen molar-refractivity contribution in [2.75, 3.05) is 16.7 Å². The van der Waals surface area contributed by atoms with E-state index in [0.717, 1.165) is 11.1 Å². The molecule has 31 heavy (non-hydrogen) atoms. The van der Waals surface area contributed by atoms with Crippen LogP contribution in [0.1, 0.15) is 10.4 Å². The molecule has 0 atom stereocenters. The largest absolute Gasteiger partial charge is 0.321 e. The number of hydrogen-bond donors (Lipinski definition) is 1. The monoisotopic (exact) mass is 448 g/mol. The van der Waals surface area contributed by atoms with Gasteiger partial charge in [-0.05, 0) is 47.3 Å². The van der Waals surface area contributed by atoms with Crippen molar-refractivity contribution in [3.05, 3.63) is 102 Å². The first-order chi connectivity index (χ1) is 15.0. The van der Waals surface area contributed by atoms with Crippen LogP contribution >= 0.6 is 11.3 Å². The van der Waals surface area contributed by atoms with Gasteiger partial charge < -0.3 is 5.32 Å². The third-order valence-electron chi connectivity index (χ3n) is 4.86. The Morgan fingerprint density at radius 3 is 2.19 bits per heavy atom. The summed E-state index contributed by atoms with van der Waals surface area (Å²) in [6.07, 6.45) is 0. The van der Waals surface area contributed by atoms with Crippen LogP contribution in [-0.4, -0.2) is 21.4 Å². The smallest absolute Gasteiger partial charge is 0.273 e. The highest BCUT2D eigenvalue weighted by Gasteiger charge is 2.22. The van der Waals surface area contributed by atoms with Gasteiger partial charge in [-0.25, -0.2) is 8.42 Å². The van der Waals surface area contributed by atoms with Crippen LogP contribution in [-0.2, 0) is 10.0 Å². The summed E-state index contributed by atoms with van der Waals surface area (Å²) in [6, 6.07) is 27.2. The topological polar surface area (TPSA) is 66.5 Å². The molecule has 4 rings (SSSR count). The number of thiophene rings is 1. The van der Waals surface area contributed by atoms with Gasteiger partial charge in [-0.3, -0.25) is 9.10 Å². The first kappa shape index (κ1) is 20.8. The summed E-state index contributed by atoms with van der Waals surface area (Å²) in [7, 11) is -2.12. The Hall–Kier alpha value is -3.42. The lowest BCUT2D eigenvalue weighted by molar-refractivity contribution is 0.102. The number of carbonyl (C=O) groups is 1. The fraction of sp³-hybridized carbons (Fsp3) is 0.0417. The van der Waals surface area contributed by atoms with E-state index < -0.39 is 10.0 Å². The normalized spacial score (nSPS) is 11.1. The van der Waals surface area contributed by atoms with Crippen LogP contribution in [0.15, 0.2) is 101 Å². The summed E-state index contributed by atoms with van der Waals surface area (Å²) in [4.78, 5) is 12.8. The van der Waals surface area contributed by atoms with E-state index >= 15 is 0 Å². The zero-order chi connectivity index (χ0) is 21.8. The molecule has 5 nitrogen and oxygen atoms in total. The van der Waals surface area contributed by atoms with Crippen LogP contribution in [0.25, 0.3) is 11.1 Å². The molecule has 0 fully saturated rings. The number of sulfonamides is 1. The number of carbonyl (C=O) groups excluding carboxylic acids is 1. The number of anilines is 2. The molecule has 4 aromatic rings. The van der Waals surface area contributed by atoms with E-state index in [2.05, 4.69) is 5.32 Å². The highest BCUT2D eigenvalue weighted by Crippen LogP contribution is 2.29. The van der Waals surface area contributed by atoms with Crippen LogP contribution < -0.4 is 9.62 Å². The lowest BCUT2D eigenvalue weighted by Crippen LogP contribution is -2.25. The highest BCUT2D eigenvalue weighted by atomic mass is 32.2. The van der Waals surface area contributed by atoms with Crippen molar-refractivity contribution < 1.29 is 13.2 Å². The van der Waals surface area contributed by atoms with E-state index in [0.29, 0.717) is 16.9 Å². The Morgan fingerprint density at radius 2 is 1.52 bits per heavy atom. The van der Waals surface area contributed by atoms with Gasteiger partial charge in [0.25, 0.3) is 15.9 Å². The van der Waals surface area contributed by atoms with Gasteiger partial charge in [0.15, 0.2) is 0 Å². The number of nitrogens with zero attached hydrogens (tertiary/aromatic N) is 1. The van der Waals surface area contributed by atoms with Gasteiger partial charge in [-0.15, -0.1) is 11.3 Å². The lowest BCUT2D eigenvalue weighted by atomic mass is 10.0. The standard InChI is InChI=1S/C24H20N2O3S2/c1-26(31(28,29)23-12-7-17-30-23)20-15-13-19(14-16-20)24(27)25-22-11-6-5-10-21(22)18-8-3-2-4-9-18/h2-17H,1H3,(H,25,27). The van der Waals surface area contributed by atoms with Crippen LogP contribution in [0.4, 0.5) is 11.4 Å². The zero-order valence-electron chi connectivity index (χ0n) is 16.7. The molecule has 0 saturated heterocycles. The maximum Gasteiger partial charge on any atom is 0.273 e. The van der Waals surface area contributed by atoms with Gasteiger partial charge in [0.2, 0.25) is 0 Å². The second kappa shape index (κ2) is 8.75. The summed E-state index contributed by atoms with van der Waals surface area (Å²) in [6.45, 7) is 0. The van der Waals surface area contributed by atoms with Gasteiger partial charge in [0.05, 0.1) is 5.69 Å². The van der Waals surface area contributed by atoms with E-state index in [1.807, 2.05) is 54.6 Å². The quantitative estimate of drug-likeness (QED) is 0.424. The van der Waals surface area contributed by atoms with Crippen molar-refractivity contribution in [1.82, 2.24) is 0 Å². The lowest BCUT2D eigenvalue weighted by Gasteiger charge is -2.18. The van der Waals surface area contributed by atoms with Gasteiger partial charge in [0, 0.05) is 23.9 Å². The third kappa shape index (κ3) is 4.38. The second-order valence-corrected chi connectivity index (χ2v) is 9.96. The van der Waals surface area contributed by atoms with Crippen LogP contribution in [0.3, 0.4) is 0 Å². The molecule has 1 heterocycles. The Balaban J connectivity index is 1.54. The molecule has 0 spiro atoms. The first-order valence-electron chi connectivity index (χ1n) is 9.55. The van der Waals surface area contributed by atoms with Crippen LogP contribution in [0.5, 0.6) is 0 Å². The summed E-state index contributed by atoms with van der Waals surface area (Å²) >= 11 is 1.17. The van der Waals surface area contributed by atoms with E-state index in [1.54, 1.807) is 41.8 Å². The molecule has 0 aliphatic carbocycles. The molecule has 0 aliphatic heterocycles. The number of nitrogens with one attached hydrogen (secondary N) is 1. The number of para-hydroxylation sites is 1. The average Bonchev–Trinajstić information content (AvgIpc) is 3.36. The van der Waals surface area contributed by atoms with E-state index in [-0.39, 0.29) is 10.1 Å². The molecule has 1 aromatic heterocycles. The predicted octanol–water partition coefficient (Wildman–Crippen LogP) is 5.49. The fourth-order valence-electron chi connectivity index (χ4n) is 3.16. The van der Waals surface area contributed by atoms with Crippen molar-refractivity contribution >= 4 is 38.6 Å². The van der Waals surface area contributed by atoms with Crippen molar-refractivity contribution in [2.45, 2.75) is 4.21 Å². The molecule has 3 aromatic carbocycles. The SMILES string of the molecule is CN(c1ccc(C(=O)Nc2ccccc2-c2ccccc2)cc1)S(=O)(=O)c1cccs1. The number of benzene rings is 3. The Morgan fingerprint density at radius 1 is 0.839 bits per heavy atom. The summed E-state index contributed by atoms with van der Waals surface area (Å²) in [5, 5.41) is 4.68. The minimum absolute atomic E-state index is 0.265. The molecule has 0 unspecified atom stereocenters. The molecule has 0 saturated carbocycles. The minimum Gasteiger partial charge on any atom is -0.321 e. The molecule has 0 aliphatic rings. The van der Waals surface area contributed by atoms with Gasteiger partial charge in [-0.2, -0.15) is 0 Å². The maximum atomic E-state index is 12.8. The Bertz CT molecular complexity index is 1280. The van der Waals surface area contributed by atoms with Gasteiger partial charge >= 0.3 is 0 Å². The maximum absolute atomic E-state index is 12.8. The molecule has 0 bridgehead atoms. The zero-order valence-corrected chi connectivity index (χ0v) is 18.4. The first-order valence-corrected chi connectivity index (χ1v) is 11.9. The van der Waals surface area contributed by atoms with Gasteiger partial charge in [0.1, 0.15) is 4.21 Å². The summed E-state index contributed by atoms with van der Waals surface area (Å²) in [5.41, 5.74) is 3.56. The second-order valence-electron chi connectivity index (χ2n) is 6.82. The fourth-order valence-corrected chi connectivity index (χ4v) is 5.52. The van der Waals surface area contributed by atoms with Gasteiger partial charge in [-0.1, -0.05) is 54.6 Å². The molecule has 156 valence electrons. The molecule has 7 heteroatoms. The Kier molecular flexibility index (Phi) is 5.88. The molecule has 0 radical (unpaired) electrons. The number of amides is 1. The molecule has 1 N–H and O–H groups in total. The average molecular weight is 449 g/mol. The van der Waals surface area contributed by atoms with E-state index in [1.165, 1.54) is 22.7 Å². The molecule has 1 amide bonds. The van der Waals surface area contributed by atoms with Crippen LogP contribution in [0.2, 0.25) is 0 Å². The summed E-state index contributed by atoms with van der Waals surface area (Å²) in [5.74, 6) is -0.265. The van der Waals surface area contributed by atoms with E-state index in [4.69, 9.17) is 0 Å².